The standard InChI is InChI=1S/C13H23N3/c1-3-4-5-6-9-15-13(14)16-10-7-12(2)8-11-16/h1,12H,4-11H2,2H3,(H2,14,15). The van der Waals surface area contributed by atoms with Gasteiger partial charge in [0.05, 0.1) is 0 Å². The van der Waals surface area contributed by atoms with Gasteiger partial charge in [-0.2, -0.15) is 0 Å². The van der Waals surface area contributed by atoms with Gasteiger partial charge in [0.2, 0.25) is 0 Å². The molecular formula is C13H23N3. The first-order valence-corrected chi connectivity index (χ1v) is 6.22. The highest BCUT2D eigenvalue weighted by atomic mass is 15.3. The molecule has 3 nitrogen and oxygen atoms in total. The molecular weight excluding hydrogens is 198 g/mol. The Kier molecular flexibility index (Phi) is 5.77. The number of rotatable bonds is 4. The number of likely N-dealkylation sites (tertiary alicyclic amines) is 1. The lowest BCUT2D eigenvalue weighted by Crippen LogP contribution is -2.42. The Morgan fingerprint density at radius 2 is 2.12 bits per heavy atom. The van der Waals surface area contributed by atoms with Gasteiger partial charge in [0.1, 0.15) is 0 Å². The molecule has 0 amide bonds. The van der Waals surface area contributed by atoms with Gasteiger partial charge in [0.25, 0.3) is 0 Å². The van der Waals surface area contributed by atoms with E-state index in [1.54, 1.807) is 0 Å². The number of hydrogen-bond acceptors (Lipinski definition) is 1. The van der Waals surface area contributed by atoms with Crippen LogP contribution in [0.5, 0.6) is 0 Å². The molecule has 90 valence electrons. The molecule has 0 aromatic carbocycles. The van der Waals surface area contributed by atoms with Crippen molar-refractivity contribution in [3.63, 3.8) is 0 Å². The van der Waals surface area contributed by atoms with E-state index in [9.17, 15) is 0 Å². The molecule has 0 spiro atoms. The molecule has 1 fully saturated rings. The Balaban J connectivity index is 2.20. The smallest absolute Gasteiger partial charge is 0.191 e. The van der Waals surface area contributed by atoms with E-state index in [1.165, 1.54) is 12.8 Å². The van der Waals surface area contributed by atoms with Crippen molar-refractivity contribution in [3.05, 3.63) is 0 Å². The van der Waals surface area contributed by atoms with Gasteiger partial charge < -0.3 is 10.6 Å². The van der Waals surface area contributed by atoms with E-state index >= 15 is 0 Å². The number of unbranched alkanes of at least 4 members (excludes halogenated alkanes) is 2. The number of guanidine groups is 1. The van der Waals surface area contributed by atoms with Crippen molar-refractivity contribution in [2.45, 2.75) is 39.0 Å². The number of nitrogens with zero attached hydrogens (tertiary/aromatic N) is 2. The molecule has 0 saturated carbocycles. The molecule has 0 bridgehead atoms. The minimum Gasteiger partial charge on any atom is -0.370 e. The molecule has 16 heavy (non-hydrogen) atoms. The third-order valence-electron chi connectivity index (χ3n) is 3.11. The average Bonchev–Trinajstić information content (AvgIpc) is 2.29. The summed E-state index contributed by atoms with van der Waals surface area (Å²) in [6.07, 6.45) is 10.6. The van der Waals surface area contributed by atoms with Crippen LogP contribution in [0.4, 0.5) is 0 Å². The molecule has 1 saturated heterocycles. The van der Waals surface area contributed by atoms with E-state index < -0.39 is 0 Å². The fourth-order valence-electron chi connectivity index (χ4n) is 1.87. The Labute approximate surface area is 99.1 Å². The molecule has 3 heteroatoms. The summed E-state index contributed by atoms with van der Waals surface area (Å²) in [5.41, 5.74) is 5.94. The molecule has 1 rings (SSSR count). The van der Waals surface area contributed by atoms with Crippen LogP contribution in [0.2, 0.25) is 0 Å². The Bertz CT molecular complexity index is 257. The summed E-state index contributed by atoms with van der Waals surface area (Å²) in [6.45, 7) is 5.21. The Morgan fingerprint density at radius 3 is 2.75 bits per heavy atom. The van der Waals surface area contributed by atoms with Crippen molar-refractivity contribution in [2.24, 2.45) is 16.6 Å². The van der Waals surface area contributed by atoms with Crippen LogP contribution in [0.3, 0.4) is 0 Å². The van der Waals surface area contributed by atoms with Gasteiger partial charge in [0, 0.05) is 26.1 Å². The lowest BCUT2D eigenvalue weighted by atomic mass is 10.00. The molecule has 2 N–H and O–H groups in total. The van der Waals surface area contributed by atoms with Crippen molar-refractivity contribution in [2.75, 3.05) is 19.6 Å². The van der Waals surface area contributed by atoms with Crippen LogP contribution in [0, 0.1) is 18.3 Å². The highest BCUT2D eigenvalue weighted by Crippen LogP contribution is 2.15. The topological polar surface area (TPSA) is 41.6 Å². The predicted molar refractivity (Wildman–Crippen MR) is 69.1 cm³/mol. The van der Waals surface area contributed by atoms with Gasteiger partial charge >= 0.3 is 0 Å². The molecule has 1 aliphatic rings. The molecule has 0 radical (unpaired) electrons. The third-order valence-corrected chi connectivity index (χ3v) is 3.11. The summed E-state index contributed by atoms with van der Waals surface area (Å²) >= 11 is 0. The van der Waals surface area contributed by atoms with E-state index in [4.69, 9.17) is 12.2 Å². The number of nitrogens with two attached hydrogens (primary N) is 1. The molecule has 1 aliphatic heterocycles. The second kappa shape index (κ2) is 7.16. The van der Waals surface area contributed by atoms with Gasteiger partial charge in [0.15, 0.2) is 5.96 Å². The summed E-state index contributed by atoms with van der Waals surface area (Å²) in [5.74, 6) is 4.18. The Morgan fingerprint density at radius 1 is 1.44 bits per heavy atom. The van der Waals surface area contributed by atoms with Crippen molar-refractivity contribution in [1.82, 2.24) is 4.90 Å². The van der Waals surface area contributed by atoms with Crippen LogP contribution in [0.1, 0.15) is 39.0 Å². The lowest BCUT2D eigenvalue weighted by molar-refractivity contribution is 0.277. The summed E-state index contributed by atoms with van der Waals surface area (Å²) in [7, 11) is 0. The van der Waals surface area contributed by atoms with Crippen LogP contribution in [0.15, 0.2) is 4.99 Å². The molecule has 0 atom stereocenters. The third kappa shape index (κ3) is 4.57. The Hall–Kier alpha value is -1.17. The normalized spacial score (nSPS) is 18.5. The molecule has 0 aliphatic carbocycles. The lowest BCUT2D eigenvalue weighted by Gasteiger charge is -2.31. The van der Waals surface area contributed by atoms with Crippen LogP contribution in [-0.2, 0) is 0 Å². The van der Waals surface area contributed by atoms with E-state index in [-0.39, 0.29) is 0 Å². The highest BCUT2D eigenvalue weighted by molar-refractivity contribution is 5.78. The van der Waals surface area contributed by atoms with Gasteiger partial charge in [-0.1, -0.05) is 6.92 Å². The minimum atomic E-state index is 0.715. The van der Waals surface area contributed by atoms with Crippen molar-refractivity contribution < 1.29 is 0 Å². The summed E-state index contributed by atoms with van der Waals surface area (Å²) in [4.78, 5) is 6.59. The van der Waals surface area contributed by atoms with Crippen LogP contribution in [0.25, 0.3) is 0 Å². The maximum absolute atomic E-state index is 5.94. The van der Waals surface area contributed by atoms with E-state index in [2.05, 4.69) is 22.7 Å². The summed E-state index contributed by atoms with van der Waals surface area (Å²) in [6, 6.07) is 0. The maximum atomic E-state index is 5.94. The zero-order valence-electron chi connectivity index (χ0n) is 10.3. The fraction of sp³-hybridized carbons (Fsp3) is 0.769. The zero-order chi connectivity index (χ0) is 11.8. The van der Waals surface area contributed by atoms with Crippen LogP contribution >= 0.6 is 0 Å². The fourth-order valence-corrected chi connectivity index (χ4v) is 1.87. The molecule has 0 aromatic heterocycles. The maximum Gasteiger partial charge on any atom is 0.191 e. The predicted octanol–water partition coefficient (Wildman–Crippen LogP) is 1.84. The first-order chi connectivity index (χ1) is 7.74. The minimum absolute atomic E-state index is 0.715. The first-order valence-electron chi connectivity index (χ1n) is 6.22. The SMILES string of the molecule is C#CCCCCN=C(N)N1CCC(C)CC1. The average molecular weight is 221 g/mol. The van der Waals surface area contributed by atoms with Crippen LogP contribution < -0.4 is 5.73 Å². The first kappa shape index (κ1) is 12.9. The second-order valence-corrected chi connectivity index (χ2v) is 4.57. The number of piperidine rings is 1. The van der Waals surface area contributed by atoms with E-state index in [0.717, 1.165) is 44.8 Å². The molecule has 0 unspecified atom stereocenters. The number of terminal acetylenes is 1. The summed E-state index contributed by atoms with van der Waals surface area (Å²) < 4.78 is 0. The summed E-state index contributed by atoms with van der Waals surface area (Å²) in [5, 5.41) is 0. The van der Waals surface area contributed by atoms with Gasteiger partial charge in [-0.15, -0.1) is 12.3 Å². The van der Waals surface area contributed by atoms with Crippen molar-refractivity contribution in [3.8, 4) is 12.3 Å². The zero-order valence-corrected chi connectivity index (χ0v) is 10.3. The quantitative estimate of drug-likeness (QED) is 0.340. The van der Waals surface area contributed by atoms with Crippen LogP contribution in [-0.4, -0.2) is 30.5 Å². The highest BCUT2D eigenvalue weighted by Gasteiger charge is 2.16. The van der Waals surface area contributed by atoms with Crippen molar-refractivity contribution >= 4 is 5.96 Å². The molecule has 0 aromatic rings. The monoisotopic (exact) mass is 221 g/mol. The van der Waals surface area contributed by atoms with E-state index in [1.807, 2.05) is 0 Å². The van der Waals surface area contributed by atoms with Gasteiger partial charge in [-0.3, -0.25) is 4.99 Å². The van der Waals surface area contributed by atoms with E-state index in [0.29, 0.717) is 5.96 Å². The van der Waals surface area contributed by atoms with Crippen molar-refractivity contribution in [1.29, 1.82) is 0 Å². The molecule has 1 heterocycles. The largest absolute Gasteiger partial charge is 0.370 e. The van der Waals surface area contributed by atoms with Gasteiger partial charge in [-0.25, -0.2) is 0 Å². The number of hydrogen-bond donors (Lipinski definition) is 1. The second-order valence-electron chi connectivity index (χ2n) is 4.57. The van der Waals surface area contributed by atoms with Gasteiger partial charge in [-0.05, 0) is 31.6 Å². The number of aliphatic imine (C=N–C) groups is 1.